The van der Waals surface area contributed by atoms with Crippen LogP contribution in [0.5, 0.6) is 17.2 Å². The molecule has 3 aromatic carbocycles. The van der Waals surface area contributed by atoms with Gasteiger partial charge in [0.25, 0.3) is 11.6 Å². The molecule has 0 bridgehead atoms. The van der Waals surface area contributed by atoms with Gasteiger partial charge in [-0.1, -0.05) is 48.2 Å². The van der Waals surface area contributed by atoms with E-state index >= 15 is 0 Å². The molecule has 0 unspecified atom stereocenters. The van der Waals surface area contributed by atoms with Crippen molar-refractivity contribution in [1.82, 2.24) is 0 Å². The molecule has 12 heteroatoms. The van der Waals surface area contributed by atoms with Crippen LogP contribution in [-0.2, 0) is 4.79 Å². The number of benzene rings is 3. The number of para-hydroxylation sites is 1. The number of ether oxygens (including phenoxy) is 2. The van der Waals surface area contributed by atoms with Gasteiger partial charge in [0.2, 0.25) is 5.75 Å². The summed E-state index contributed by atoms with van der Waals surface area (Å²) >= 11 is 6.55. The quantitative estimate of drug-likeness (QED) is 0.170. The maximum atomic E-state index is 12.9. The lowest BCUT2D eigenvalue weighted by Crippen LogP contribution is -2.27. The van der Waals surface area contributed by atoms with E-state index in [-0.39, 0.29) is 23.2 Å². The van der Waals surface area contributed by atoms with E-state index in [0.29, 0.717) is 20.5 Å². The lowest BCUT2D eigenvalue weighted by molar-refractivity contribution is -0.394. The van der Waals surface area contributed by atoms with Crippen LogP contribution in [0.1, 0.15) is 5.56 Å². The molecule has 1 saturated heterocycles. The molecular formula is C23H15N3O7S2. The number of nitro benzene ring substituents is 2. The van der Waals surface area contributed by atoms with Gasteiger partial charge in [-0.25, -0.2) is 0 Å². The Morgan fingerprint density at radius 1 is 0.943 bits per heavy atom. The summed E-state index contributed by atoms with van der Waals surface area (Å²) in [6.45, 7) is 0. The number of hydrogen-bond donors (Lipinski definition) is 0. The first kappa shape index (κ1) is 23.9. The molecule has 4 rings (SSSR count). The fourth-order valence-corrected chi connectivity index (χ4v) is 4.54. The molecule has 1 aliphatic heterocycles. The van der Waals surface area contributed by atoms with Gasteiger partial charge in [0.15, 0.2) is 15.8 Å². The number of hydrogen-bond acceptors (Lipinski definition) is 9. The van der Waals surface area contributed by atoms with E-state index in [1.165, 1.54) is 29.8 Å². The summed E-state index contributed by atoms with van der Waals surface area (Å²) in [4.78, 5) is 35.7. The van der Waals surface area contributed by atoms with E-state index < -0.39 is 21.2 Å². The summed E-state index contributed by atoms with van der Waals surface area (Å²) in [5.41, 5.74) is 0.291. The summed E-state index contributed by atoms with van der Waals surface area (Å²) in [6.07, 6.45) is 1.66. The van der Waals surface area contributed by atoms with Gasteiger partial charge in [-0.2, -0.15) is 0 Å². The minimum absolute atomic E-state index is 0.151. The molecule has 10 nitrogen and oxygen atoms in total. The maximum Gasteiger partial charge on any atom is 0.318 e. The Morgan fingerprint density at radius 2 is 1.66 bits per heavy atom. The zero-order valence-corrected chi connectivity index (χ0v) is 19.6. The first-order valence-electron chi connectivity index (χ1n) is 9.90. The third-order valence-electron chi connectivity index (χ3n) is 4.86. The van der Waals surface area contributed by atoms with Crippen LogP contribution in [0, 0.1) is 20.2 Å². The van der Waals surface area contributed by atoms with Crippen molar-refractivity contribution in [3.63, 3.8) is 0 Å². The average Bonchev–Trinajstić information content (AvgIpc) is 3.12. The van der Waals surface area contributed by atoms with Gasteiger partial charge < -0.3 is 9.47 Å². The molecule has 0 N–H and O–H groups in total. The van der Waals surface area contributed by atoms with Crippen molar-refractivity contribution in [2.24, 2.45) is 0 Å². The number of amides is 1. The molecule has 1 fully saturated rings. The Hall–Kier alpha value is -4.29. The van der Waals surface area contributed by atoms with Gasteiger partial charge in [-0.15, -0.1) is 0 Å². The number of nitro groups is 2. The van der Waals surface area contributed by atoms with Crippen LogP contribution in [0.2, 0.25) is 0 Å². The largest absolute Gasteiger partial charge is 0.493 e. The molecule has 0 spiro atoms. The maximum absolute atomic E-state index is 12.9. The fraction of sp³-hybridized carbons (Fsp3) is 0.0435. The lowest BCUT2D eigenvalue weighted by Gasteiger charge is -2.13. The Kier molecular flexibility index (Phi) is 6.75. The van der Waals surface area contributed by atoms with Crippen molar-refractivity contribution in [3.05, 3.63) is 97.4 Å². The summed E-state index contributed by atoms with van der Waals surface area (Å²) in [5.74, 6) is -0.0502. The first-order chi connectivity index (χ1) is 16.8. The number of rotatable bonds is 7. The van der Waals surface area contributed by atoms with Gasteiger partial charge in [-0.3, -0.25) is 29.9 Å². The second-order valence-corrected chi connectivity index (χ2v) is 8.71. The Morgan fingerprint density at radius 3 is 2.31 bits per heavy atom. The van der Waals surface area contributed by atoms with Gasteiger partial charge >= 0.3 is 5.69 Å². The number of carbonyl (C=O) groups excluding carboxylic acids is 1. The topological polar surface area (TPSA) is 125 Å². The van der Waals surface area contributed by atoms with Gasteiger partial charge in [-0.05, 0) is 42.0 Å². The molecule has 35 heavy (non-hydrogen) atoms. The second kappa shape index (κ2) is 9.91. The molecule has 1 heterocycles. The van der Waals surface area contributed by atoms with Gasteiger partial charge in [0, 0.05) is 6.07 Å². The van der Waals surface area contributed by atoms with E-state index in [4.69, 9.17) is 21.7 Å². The predicted octanol–water partition coefficient (Wildman–Crippen LogP) is 5.71. The number of carbonyl (C=O) groups is 1. The Labute approximate surface area is 208 Å². The molecule has 0 aromatic heterocycles. The van der Waals surface area contributed by atoms with Gasteiger partial charge in [0.1, 0.15) is 0 Å². The van der Waals surface area contributed by atoms with E-state index in [0.717, 1.165) is 18.2 Å². The minimum atomic E-state index is -0.766. The van der Waals surface area contributed by atoms with Crippen LogP contribution in [0.25, 0.3) is 6.08 Å². The lowest BCUT2D eigenvalue weighted by atomic mass is 10.1. The van der Waals surface area contributed by atoms with E-state index in [9.17, 15) is 25.0 Å². The van der Waals surface area contributed by atoms with Crippen LogP contribution in [-0.4, -0.2) is 27.2 Å². The molecule has 176 valence electrons. The number of nitrogens with zero attached hydrogens (tertiary/aromatic N) is 3. The van der Waals surface area contributed by atoms with Crippen LogP contribution in [0.3, 0.4) is 0 Å². The van der Waals surface area contributed by atoms with Crippen molar-refractivity contribution in [2.45, 2.75) is 0 Å². The number of non-ortho nitro benzene ring substituents is 1. The van der Waals surface area contributed by atoms with Crippen molar-refractivity contribution < 1.29 is 24.1 Å². The highest BCUT2D eigenvalue weighted by Gasteiger charge is 2.33. The standard InChI is InChI=1S/C23H15N3O7S2/c1-32-20-11-14(12-21-22(27)24(23(34)35-21)15-5-3-2-4-6-15)7-9-19(20)33-18-10-8-16(25(28)29)13-17(18)26(30)31/h2-13H,1H3/b21-12-. The van der Waals surface area contributed by atoms with E-state index in [2.05, 4.69) is 0 Å². The fourth-order valence-electron chi connectivity index (χ4n) is 3.24. The summed E-state index contributed by atoms with van der Waals surface area (Å²) in [5, 5.41) is 22.3. The zero-order valence-electron chi connectivity index (χ0n) is 17.9. The molecule has 1 aliphatic rings. The average molecular weight is 510 g/mol. The Balaban J connectivity index is 1.62. The summed E-state index contributed by atoms with van der Waals surface area (Å²) in [6, 6.07) is 16.9. The molecule has 0 atom stereocenters. The number of thioether (sulfide) groups is 1. The van der Waals surface area contributed by atoms with Crippen LogP contribution in [0.4, 0.5) is 17.1 Å². The smallest absolute Gasteiger partial charge is 0.318 e. The van der Waals surface area contributed by atoms with Crippen molar-refractivity contribution >= 4 is 57.3 Å². The molecular weight excluding hydrogens is 494 g/mol. The van der Waals surface area contributed by atoms with Crippen molar-refractivity contribution in [1.29, 1.82) is 0 Å². The molecule has 0 saturated carbocycles. The zero-order chi connectivity index (χ0) is 25.1. The monoisotopic (exact) mass is 509 g/mol. The van der Waals surface area contributed by atoms with Crippen molar-refractivity contribution in [3.8, 4) is 17.2 Å². The normalized spacial score (nSPS) is 14.3. The second-order valence-electron chi connectivity index (χ2n) is 7.03. The highest BCUT2D eigenvalue weighted by Crippen LogP contribution is 2.40. The summed E-state index contributed by atoms with van der Waals surface area (Å²) < 4.78 is 11.4. The van der Waals surface area contributed by atoms with E-state index in [1.54, 1.807) is 30.3 Å². The predicted molar refractivity (Wildman–Crippen MR) is 135 cm³/mol. The van der Waals surface area contributed by atoms with E-state index in [1.807, 2.05) is 18.2 Å². The number of anilines is 1. The number of methoxy groups -OCH3 is 1. The molecule has 3 aromatic rings. The molecule has 0 radical (unpaired) electrons. The van der Waals surface area contributed by atoms with Crippen LogP contribution >= 0.6 is 24.0 Å². The highest BCUT2D eigenvalue weighted by molar-refractivity contribution is 8.27. The third-order valence-corrected chi connectivity index (χ3v) is 6.17. The van der Waals surface area contributed by atoms with Crippen LogP contribution in [0.15, 0.2) is 71.6 Å². The SMILES string of the molecule is COc1cc(/C=C2\SC(=S)N(c3ccccc3)C2=O)ccc1Oc1ccc([N+](=O)[O-])cc1[N+](=O)[O-]. The highest BCUT2D eigenvalue weighted by atomic mass is 32.2. The minimum Gasteiger partial charge on any atom is -0.493 e. The summed E-state index contributed by atoms with van der Waals surface area (Å²) in [7, 11) is 1.39. The van der Waals surface area contributed by atoms with Gasteiger partial charge in [0.05, 0.1) is 33.6 Å². The van der Waals surface area contributed by atoms with Crippen molar-refractivity contribution in [2.75, 3.05) is 12.0 Å². The molecule has 1 amide bonds. The first-order valence-corrected chi connectivity index (χ1v) is 11.1. The van der Waals surface area contributed by atoms with Crippen LogP contribution < -0.4 is 14.4 Å². The molecule has 0 aliphatic carbocycles. The Bertz CT molecular complexity index is 1390. The third kappa shape index (κ3) is 4.98. The number of thiocarbonyl (C=S) groups is 1.